The van der Waals surface area contributed by atoms with Crippen LogP contribution in [0.5, 0.6) is 0 Å². The zero-order valence-electron chi connectivity index (χ0n) is 10.3. The Morgan fingerprint density at radius 3 is 2.13 bits per heavy atom. The maximum Gasteiger partial charge on any atom is 0.156 e. The molecule has 0 saturated heterocycles. The third kappa shape index (κ3) is 3.18. The minimum atomic E-state index is -2.97. The molecular formula is C11H23NO2S. The lowest BCUT2D eigenvalue weighted by Gasteiger charge is -2.39. The maximum atomic E-state index is 11.8. The zero-order valence-corrected chi connectivity index (χ0v) is 11.1. The van der Waals surface area contributed by atoms with Gasteiger partial charge in [-0.25, -0.2) is 8.42 Å². The maximum absolute atomic E-state index is 11.8. The molecule has 1 N–H and O–H groups in total. The highest BCUT2D eigenvalue weighted by atomic mass is 32.2. The topological polar surface area (TPSA) is 46.2 Å². The Morgan fingerprint density at radius 2 is 1.80 bits per heavy atom. The van der Waals surface area contributed by atoms with Gasteiger partial charge >= 0.3 is 0 Å². The van der Waals surface area contributed by atoms with Crippen molar-refractivity contribution >= 4 is 9.84 Å². The van der Waals surface area contributed by atoms with Gasteiger partial charge in [-0.1, -0.05) is 0 Å². The second kappa shape index (κ2) is 4.06. The van der Waals surface area contributed by atoms with Crippen LogP contribution in [0.25, 0.3) is 0 Å². The smallest absolute Gasteiger partial charge is 0.156 e. The average molecular weight is 233 g/mol. The molecule has 0 radical (unpaired) electrons. The fourth-order valence-electron chi connectivity index (χ4n) is 1.68. The van der Waals surface area contributed by atoms with Gasteiger partial charge in [-0.2, -0.15) is 0 Å². The van der Waals surface area contributed by atoms with E-state index in [0.717, 1.165) is 0 Å². The molecule has 1 rings (SSSR count). The van der Waals surface area contributed by atoms with Crippen LogP contribution in [-0.2, 0) is 9.84 Å². The Labute approximate surface area is 93.6 Å². The number of nitrogens with one attached hydrogen (secondary N) is 1. The van der Waals surface area contributed by atoms with Crippen molar-refractivity contribution in [3.05, 3.63) is 0 Å². The average Bonchev–Trinajstić information content (AvgIpc) is 1.98. The molecule has 3 nitrogen and oxygen atoms in total. The van der Waals surface area contributed by atoms with Crippen LogP contribution in [0, 0.1) is 0 Å². The van der Waals surface area contributed by atoms with Crippen LogP contribution in [0.1, 0.15) is 47.0 Å². The molecule has 4 heteroatoms. The van der Waals surface area contributed by atoms with E-state index in [0.29, 0.717) is 6.54 Å². The van der Waals surface area contributed by atoms with E-state index < -0.39 is 14.6 Å². The Balaban J connectivity index is 2.37. The van der Waals surface area contributed by atoms with E-state index in [-0.39, 0.29) is 11.3 Å². The summed E-state index contributed by atoms with van der Waals surface area (Å²) in [7, 11) is -2.97. The molecule has 0 bridgehead atoms. The summed E-state index contributed by atoms with van der Waals surface area (Å²) in [5.74, 6) is 0.242. The highest BCUT2D eigenvalue weighted by Crippen LogP contribution is 2.30. The number of hydrogen-bond acceptors (Lipinski definition) is 3. The predicted octanol–water partition coefficient (Wildman–Crippen LogP) is 1.73. The normalized spacial score (nSPS) is 21.1. The summed E-state index contributed by atoms with van der Waals surface area (Å²) in [5, 5.41) is 3.34. The van der Waals surface area contributed by atoms with Gasteiger partial charge < -0.3 is 5.32 Å². The number of rotatable bonds is 4. The first-order valence-electron chi connectivity index (χ1n) is 5.64. The molecule has 1 fully saturated rings. The van der Waals surface area contributed by atoms with Crippen molar-refractivity contribution in [2.75, 3.05) is 12.3 Å². The summed E-state index contributed by atoms with van der Waals surface area (Å²) in [6.07, 6.45) is 3.60. The Kier molecular flexibility index (Phi) is 3.51. The van der Waals surface area contributed by atoms with Gasteiger partial charge in [0.25, 0.3) is 0 Å². The summed E-state index contributed by atoms with van der Waals surface area (Å²) < 4.78 is 23.0. The van der Waals surface area contributed by atoms with Crippen LogP contribution in [0.3, 0.4) is 0 Å². The quantitative estimate of drug-likeness (QED) is 0.804. The molecular weight excluding hydrogens is 210 g/mol. The standard InChI is InChI=1S/C11H23NO2S/c1-10(2,3)15(13,14)9-8-12-11(4)6-5-7-11/h12H,5-9H2,1-4H3. The van der Waals surface area contributed by atoms with Crippen molar-refractivity contribution in [1.29, 1.82) is 0 Å². The van der Waals surface area contributed by atoms with Crippen LogP contribution in [-0.4, -0.2) is 31.0 Å². The van der Waals surface area contributed by atoms with E-state index >= 15 is 0 Å². The minimum absolute atomic E-state index is 0.202. The highest BCUT2D eigenvalue weighted by molar-refractivity contribution is 7.92. The minimum Gasteiger partial charge on any atom is -0.311 e. The molecule has 1 aliphatic carbocycles. The van der Waals surface area contributed by atoms with Crippen molar-refractivity contribution in [3.63, 3.8) is 0 Å². The van der Waals surface area contributed by atoms with Crippen LogP contribution >= 0.6 is 0 Å². The molecule has 1 aliphatic rings. The van der Waals surface area contributed by atoms with E-state index in [1.807, 2.05) is 0 Å². The summed E-state index contributed by atoms with van der Waals surface area (Å²) in [5.41, 5.74) is 0.202. The van der Waals surface area contributed by atoms with E-state index in [4.69, 9.17) is 0 Å². The van der Waals surface area contributed by atoms with Crippen molar-refractivity contribution in [3.8, 4) is 0 Å². The lowest BCUT2D eigenvalue weighted by Crippen LogP contribution is -2.50. The van der Waals surface area contributed by atoms with Gasteiger partial charge in [0, 0.05) is 12.1 Å². The van der Waals surface area contributed by atoms with E-state index in [1.165, 1.54) is 19.3 Å². The second-order valence-electron chi connectivity index (χ2n) is 5.77. The Hall–Kier alpha value is -0.0900. The summed E-state index contributed by atoms with van der Waals surface area (Å²) in [6.45, 7) is 8.02. The zero-order chi connectivity index (χ0) is 11.7. The lowest BCUT2D eigenvalue weighted by atomic mass is 9.79. The van der Waals surface area contributed by atoms with Gasteiger partial charge in [-0.05, 0) is 47.0 Å². The van der Waals surface area contributed by atoms with Gasteiger partial charge in [0.2, 0.25) is 0 Å². The van der Waals surface area contributed by atoms with Crippen LogP contribution in [0.4, 0.5) is 0 Å². The van der Waals surface area contributed by atoms with Gasteiger partial charge in [0.05, 0.1) is 10.5 Å². The third-order valence-electron chi connectivity index (χ3n) is 3.31. The van der Waals surface area contributed by atoms with Gasteiger partial charge in [0.15, 0.2) is 9.84 Å². The molecule has 0 aromatic rings. The number of sulfone groups is 1. The molecule has 0 amide bonds. The first-order chi connectivity index (χ1) is 6.66. The fraction of sp³-hybridized carbons (Fsp3) is 1.00. The molecule has 15 heavy (non-hydrogen) atoms. The van der Waals surface area contributed by atoms with Crippen molar-refractivity contribution in [2.45, 2.75) is 57.2 Å². The SMILES string of the molecule is CC1(NCCS(=O)(=O)C(C)(C)C)CCC1. The molecule has 90 valence electrons. The molecule has 0 aromatic heterocycles. The van der Waals surface area contributed by atoms with Crippen LogP contribution in [0.15, 0.2) is 0 Å². The Morgan fingerprint density at radius 1 is 1.27 bits per heavy atom. The molecule has 0 unspecified atom stereocenters. The molecule has 0 aromatic carbocycles. The Bertz CT molecular complexity index is 310. The molecule has 0 aliphatic heterocycles. The van der Waals surface area contributed by atoms with E-state index in [9.17, 15) is 8.42 Å². The highest BCUT2D eigenvalue weighted by Gasteiger charge is 2.33. The largest absolute Gasteiger partial charge is 0.311 e. The molecule has 0 atom stereocenters. The lowest BCUT2D eigenvalue weighted by molar-refractivity contribution is 0.213. The van der Waals surface area contributed by atoms with Crippen molar-refractivity contribution in [1.82, 2.24) is 5.32 Å². The fourth-order valence-corrected chi connectivity index (χ4v) is 2.66. The van der Waals surface area contributed by atoms with Crippen LogP contribution < -0.4 is 5.32 Å². The van der Waals surface area contributed by atoms with E-state index in [1.54, 1.807) is 20.8 Å². The monoisotopic (exact) mass is 233 g/mol. The molecule has 0 heterocycles. The summed E-state index contributed by atoms with van der Waals surface area (Å²) in [4.78, 5) is 0. The third-order valence-corrected chi connectivity index (χ3v) is 5.92. The predicted molar refractivity (Wildman–Crippen MR) is 63.8 cm³/mol. The first-order valence-corrected chi connectivity index (χ1v) is 7.29. The van der Waals surface area contributed by atoms with E-state index in [2.05, 4.69) is 12.2 Å². The van der Waals surface area contributed by atoms with Crippen LogP contribution in [0.2, 0.25) is 0 Å². The molecule has 0 spiro atoms. The number of hydrogen-bond donors (Lipinski definition) is 1. The molecule has 1 saturated carbocycles. The first kappa shape index (κ1) is 13.0. The van der Waals surface area contributed by atoms with Gasteiger partial charge in [-0.3, -0.25) is 0 Å². The summed E-state index contributed by atoms with van der Waals surface area (Å²) in [6, 6.07) is 0. The second-order valence-corrected chi connectivity index (χ2v) is 8.63. The van der Waals surface area contributed by atoms with Crippen molar-refractivity contribution < 1.29 is 8.42 Å². The van der Waals surface area contributed by atoms with Gasteiger partial charge in [0.1, 0.15) is 0 Å². The van der Waals surface area contributed by atoms with Crippen molar-refractivity contribution in [2.24, 2.45) is 0 Å². The van der Waals surface area contributed by atoms with Gasteiger partial charge in [-0.15, -0.1) is 0 Å². The summed E-state index contributed by atoms with van der Waals surface area (Å²) >= 11 is 0.